The molecule has 32 heavy (non-hydrogen) atoms. The van der Waals surface area contributed by atoms with Gasteiger partial charge in [-0.3, -0.25) is 14.5 Å². The van der Waals surface area contributed by atoms with Crippen LogP contribution in [0.2, 0.25) is 0 Å². The highest BCUT2D eigenvalue weighted by atomic mass is 19.1. The monoisotopic (exact) mass is 440 g/mol. The van der Waals surface area contributed by atoms with E-state index in [2.05, 4.69) is 4.90 Å². The molecule has 0 N–H and O–H groups in total. The van der Waals surface area contributed by atoms with Gasteiger partial charge in [0.05, 0.1) is 6.04 Å². The van der Waals surface area contributed by atoms with E-state index in [-0.39, 0.29) is 29.5 Å². The van der Waals surface area contributed by atoms with Crippen LogP contribution >= 0.6 is 0 Å². The van der Waals surface area contributed by atoms with Crippen molar-refractivity contribution in [2.75, 3.05) is 33.4 Å². The second-order valence-corrected chi connectivity index (χ2v) is 8.53. The Morgan fingerprint density at radius 2 is 1.81 bits per heavy atom. The molecule has 1 saturated heterocycles. The summed E-state index contributed by atoms with van der Waals surface area (Å²) in [6.07, 6.45) is 1.41. The van der Waals surface area contributed by atoms with Crippen molar-refractivity contribution in [2.45, 2.75) is 32.4 Å². The van der Waals surface area contributed by atoms with Gasteiger partial charge in [0.1, 0.15) is 19.0 Å². The molecule has 0 aliphatic carbocycles. The molecule has 4 rings (SSSR count). The standard InChI is InChI=1S/C25H29FN2O4/c1-17(25(30)27(2)16-18-4-3-5-21(26)14-18)28-10-8-19(9-11-28)24(29)20-6-7-22-23(15-20)32-13-12-31-22/h3-7,14-15,17,19H,8-13,16H2,1-2H3/t17-/m1/s1. The zero-order valence-electron chi connectivity index (χ0n) is 18.6. The number of halogens is 1. The maximum Gasteiger partial charge on any atom is 0.239 e. The summed E-state index contributed by atoms with van der Waals surface area (Å²) < 4.78 is 24.6. The molecule has 6 nitrogen and oxygen atoms in total. The first-order valence-corrected chi connectivity index (χ1v) is 11.1. The van der Waals surface area contributed by atoms with E-state index in [0.717, 1.165) is 5.56 Å². The number of ketones is 1. The summed E-state index contributed by atoms with van der Waals surface area (Å²) in [4.78, 5) is 29.7. The van der Waals surface area contributed by atoms with Crippen LogP contribution in [0.5, 0.6) is 11.5 Å². The van der Waals surface area contributed by atoms with Crippen LogP contribution in [0, 0.1) is 11.7 Å². The number of Topliss-reactive ketones (excluding diaryl/α,β-unsaturated/α-hetero) is 1. The van der Waals surface area contributed by atoms with E-state index in [1.807, 2.05) is 13.0 Å². The van der Waals surface area contributed by atoms with Crippen LogP contribution in [0.1, 0.15) is 35.7 Å². The highest BCUT2D eigenvalue weighted by Crippen LogP contribution is 2.32. The van der Waals surface area contributed by atoms with E-state index in [1.54, 1.807) is 36.2 Å². The molecule has 1 atom stereocenters. The predicted molar refractivity (Wildman–Crippen MR) is 118 cm³/mol. The van der Waals surface area contributed by atoms with Gasteiger partial charge in [0.2, 0.25) is 5.91 Å². The van der Waals surface area contributed by atoms with E-state index < -0.39 is 0 Å². The van der Waals surface area contributed by atoms with Gasteiger partial charge in [-0.25, -0.2) is 4.39 Å². The molecule has 2 heterocycles. The predicted octanol–water partition coefficient (Wildman–Crippen LogP) is 3.54. The minimum Gasteiger partial charge on any atom is -0.486 e. The Kier molecular flexibility index (Phi) is 6.74. The first kappa shape index (κ1) is 22.3. The van der Waals surface area contributed by atoms with Gasteiger partial charge in [-0.15, -0.1) is 0 Å². The highest BCUT2D eigenvalue weighted by Gasteiger charge is 2.31. The molecule has 0 unspecified atom stereocenters. The molecule has 0 spiro atoms. The largest absolute Gasteiger partial charge is 0.486 e. The summed E-state index contributed by atoms with van der Waals surface area (Å²) >= 11 is 0. The Labute approximate surface area is 187 Å². The van der Waals surface area contributed by atoms with Crippen LogP contribution in [-0.4, -0.2) is 60.9 Å². The number of likely N-dealkylation sites (tertiary alicyclic amines) is 1. The van der Waals surface area contributed by atoms with E-state index in [4.69, 9.17) is 9.47 Å². The zero-order valence-corrected chi connectivity index (χ0v) is 18.6. The van der Waals surface area contributed by atoms with Crippen LogP contribution in [0.15, 0.2) is 42.5 Å². The Morgan fingerprint density at radius 3 is 2.53 bits per heavy atom. The molecule has 0 aromatic heterocycles. The Balaban J connectivity index is 1.31. The van der Waals surface area contributed by atoms with Crippen LogP contribution < -0.4 is 9.47 Å². The number of amides is 1. The number of carbonyl (C=O) groups excluding carboxylic acids is 2. The molecule has 2 aliphatic heterocycles. The number of likely N-dealkylation sites (N-methyl/N-ethyl adjacent to an activating group) is 1. The third kappa shape index (κ3) is 4.93. The van der Waals surface area contributed by atoms with Gasteiger partial charge in [-0.2, -0.15) is 0 Å². The van der Waals surface area contributed by atoms with Crippen LogP contribution in [-0.2, 0) is 11.3 Å². The third-order valence-corrected chi connectivity index (χ3v) is 6.32. The molecule has 0 radical (unpaired) electrons. The van der Waals surface area contributed by atoms with E-state index in [9.17, 15) is 14.0 Å². The van der Waals surface area contributed by atoms with E-state index in [1.165, 1.54) is 12.1 Å². The molecule has 170 valence electrons. The number of hydrogen-bond acceptors (Lipinski definition) is 5. The fourth-order valence-corrected chi connectivity index (χ4v) is 4.44. The first-order valence-electron chi connectivity index (χ1n) is 11.1. The van der Waals surface area contributed by atoms with Crippen molar-refractivity contribution in [3.63, 3.8) is 0 Å². The summed E-state index contributed by atoms with van der Waals surface area (Å²) in [5, 5.41) is 0. The number of hydrogen-bond donors (Lipinski definition) is 0. The third-order valence-electron chi connectivity index (χ3n) is 6.32. The number of nitrogens with zero attached hydrogens (tertiary/aromatic N) is 2. The average Bonchev–Trinajstić information content (AvgIpc) is 2.82. The molecule has 1 amide bonds. The Morgan fingerprint density at radius 1 is 1.09 bits per heavy atom. The Bertz CT molecular complexity index is 988. The van der Waals surface area contributed by atoms with Crippen LogP contribution in [0.4, 0.5) is 4.39 Å². The lowest BCUT2D eigenvalue weighted by atomic mass is 9.88. The number of piperidine rings is 1. The molecule has 2 aliphatic rings. The lowest BCUT2D eigenvalue weighted by Gasteiger charge is -2.36. The number of ether oxygens (including phenoxy) is 2. The molecular weight excluding hydrogens is 411 g/mol. The van der Waals surface area contributed by atoms with Crippen molar-refractivity contribution in [1.82, 2.24) is 9.80 Å². The summed E-state index contributed by atoms with van der Waals surface area (Å²) in [7, 11) is 1.74. The highest BCUT2D eigenvalue weighted by molar-refractivity contribution is 5.98. The maximum absolute atomic E-state index is 13.4. The topological polar surface area (TPSA) is 59.1 Å². The second-order valence-electron chi connectivity index (χ2n) is 8.53. The quantitative estimate of drug-likeness (QED) is 0.643. The molecule has 2 aromatic carbocycles. The smallest absolute Gasteiger partial charge is 0.239 e. The van der Waals surface area contributed by atoms with E-state index in [0.29, 0.717) is 62.8 Å². The van der Waals surface area contributed by atoms with E-state index >= 15 is 0 Å². The number of carbonyl (C=O) groups is 2. The second kappa shape index (κ2) is 9.69. The van der Waals surface area contributed by atoms with Gasteiger partial charge in [0, 0.05) is 25.1 Å². The Hall–Kier alpha value is -2.93. The van der Waals surface area contributed by atoms with Crippen LogP contribution in [0.3, 0.4) is 0 Å². The van der Waals surface area contributed by atoms with Gasteiger partial charge in [0.25, 0.3) is 0 Å². The molecule has 2 aromatic rings. The summed E-state index contributed by atoms with van der Waals surface area (Å²) in [5.41, 5.74) is 1.41. The van der Waals surface area contributed by atoms with Crippen molar-refractivity contribution >= 4 is 11.7 Å². The van der Waals surface area contributed by atoms with Gasteiger partial charge in [-0.05, 0) is 68.8 Å². The normalized spacial score (nSPS) is 17.6. The van der Waals surface area contributed by atoms with Crippen molar-refractivity contribution in [3.8, 4) is 11.5 Å². The SMILES string of the molecule is C[C@H](C(=O)N(C)Cc1cccc(F)c1)N1CCC(C(=O)c2ccc3c(c2)OCCO3)CC1. The maximum atomic E-state index is 13.4. The van der Waals surface area contributed by atoms with Crippen molar-refractivity contribution in [2.24, 2.45) is 5.92 Å². The van der Waals surface area contributed by atoms with Gasteiger partial charge in [-0.1, -0.05) is 12.1 Å². The van der Waals surface area contributed by atoms with Crippen LogP contribution in [0.25, 0.3) is 0 Å². The zero-order chi connectivity index (χ0) is 22.7. The van der Waals surface area contributed by atoms with Gasteiger partial charge >= 0.3 is 0 Å². The fourth-order valence-electron chi connectivity index (χ4n) is 4.44. The van der Waals surface area contributed by atoms with Gasteiger partial charge in [0.15, 0.2) is 17.3 Å². The minimum atomic E-state index is -0.304. The molecule has 7 heteroatoms. The number of rotatable bonds is 6. The first-order chi connectivity index (χ1) is 15.4. The molecular formula is C25H29FN2O4. The van der Waals surface area contributed by atoms with Gasteiger partial charge < -0.3 is 14.4 Å². The molecule has 0 bridgehead atoms. The summed E-state index contributed by atoms with van der Waals surface area (Å²) in [6.45, 7) is 4.63. The fraction of sp³-hybridized carbons (Fsp3) is 0.440. The lowest BCUT2D eigenvalue weighted by molar-refractivity contribution is -0.136. The van der Waals surface area contributed by atoms with Crippen molar-refractivity contribution < 1.29 is 23.5 Å². The lowest BCUT2D eigenvalue weighted by Crippen LogP contribution is -2.49. The molecule has 1 fully saturated rings. The number of fused-ring (bicyclic) bond motifs is 1. The molecule has 0 saturated carbocycles. The summed E-state index contributed by atoms with van der Waals surface area (Å²) in [5.74, 6) is 1.04. The number of benzene rings is 2. The summed E-state index contributed by atoms with van der Waals surface area (Å²) in [6, 6.07) is 11.4. The van der Waals surface area contributed by atoms with Crippen molar-refractivity contribution in [1.29, 1.82) is 0 Å². The average molecular weight is 441 g/mol. The van der Waals surface area contributed by atoms with Crippen molar-refractivity contribution in [3.05, 3.63) is 59.4 Å². The minimum absolute atomic E-state index is 0.00845.